The van der Waals surface area contributed by atoms with Crippen molar-refractivity contribution in [1.29, 1.82) is 0 Å². The van der Waals surface area contributed by atoms with Gasteiger partial charge in [-0.05, 0) is 44.7 Å². The summed E-state index contributed by atoms with van der Waals surface area (Å²) in [6.45, 7) is 5.74. The molecule has 21 heavy (non-hydrogen) atoms. The van der Waals surface area contributed by atoms with Crippen LogP contribution >= 0.6 is 23.1 Å². The molecular weight excluding hydrogens is 308 g/mol. The van der Waals surface area contributed by atoms with Crippen LogP contribution in [0.1, 0.15) is 24.4 Å². The van der Waals surface area contributed by atoms with Crippen molar-refractivity contribution in [3.8, 4) is 5.75 Å². The Kier molecular flexibility index (Phi) is 5.19. The van der Waals surface area contributed by atoms with Gasteiger partial charge in [0.25, 0.3) is 0 Å². The van der Waals surface area contributed by atoms with Gasteiger partial charge < -0.3 is 9.84 Å². The van der Waals surface area contributed by atoms with Crippen LogP contribution in [-0.2, 0) is 11.2 Å². The second kappa shape index (κ2) is 6.91. The third-order valence-electron chi connectivity index (χ3n) is 2.47. The Morgan fingerprint density at radius 2 is 2.29 bits per heavy atom. The molecule has 0 bridgehead atoms. The first-order valence-electron chi connectivity index (χ1n) is 6.43. The number of aromatic nitrogens is 2. The monoisotopic (exact) mass is 324 g/mol. The fourth-order valence-electron chi connectivity index (χ4n) is 1.63. The molecule has 0 aliphatic rings. The van der Waals surface area contributed by atoms with Gasteiger partial charge in [0.2, 0.25) is 0 Å². The summed E-state index contributed by atoms with van der Waals surface area (Å²) in [5.74, 6) is -0.134. The number of aryl methyl sites for hydroxylation is 1. The van der Waals surface area contributed by atoms with Crippen LogP contribution in [0.4, 0.5) is 0 Å². The number of carboxylic acids is 1. The van der Waals surface area contributed by atoms with Crippen LogP contribution in [0, 0.1) is 6.92 Å². The van der Waals surface area contributed by atoms with Gasteiger partial charge in [0, 0.05) is 11.1 Å². The van der Waals surface area contributed by atoms with Gasteiger partial charge in [0.05, 0.1) is 18.2 Å². The minimum atomic E-state index is -0.847. The Bertz CT molecular complexity index is 641. The van der Waals surface area contributed by atoms with Crippen molar-refractivity contribution in [2.24, 2.45) is 0 Å². The molecule has 2 aromatic heterocycles. The number of hydrogen-bond acceptors (Lipinski definition) is 6. The largest absolute Gasteiger partial charge is 0.488 e. The van der Waals surface area contributed by atoms with Crippen molar-refractivity contribution in [3.05, 3.63) is 28.9 Å². The Balaban J connectivity index is 2.20. The van der Waals surface area contributed by atoms with Crippen molar-refractivity contribution in [1.82, 2.24) is 9.97 Å². The maximum Gasteiger partial charge on any atom is 0.308 e. The smallest absolute Gasteiger partial charge is 0.308 e. The van der Waals surface area contributed by atoms with Crippen molar-refractivity contribution < 1.29 is 14.6 Å². The standard InChI is InChI=1S/C14H16N2O3S2/c1-8(2)19-10-5-4-6-15-13(10)21-14-16-9(3)11(20-14)7-12(17)18/h4-6,8H,7H2,1-3H3,(H,17,18). The van der Waals surface area contributed by atoms with Crippen molar-refractivity contribution >= 4 is 29.1 Å². The van der Waals surface area contributed by atoms with E-state index in [0.717, 1.165) is 19.9 Å². The van der Waals surface area contributed by atoms with Crippen LogP contribution in [0.5, 0.6) is 5.75 Å². The van der Waals surface area contributed by atoms with E-state index in [1.165, 1.54) is 23.1 Å². The molecule has 0 spiro atoms. The molecule has 2 heterocycles. The van der Waals surface area contributed by atoms with E-state index in [0.29, 0.717) is 5.75 Å². The van der Waals surface area contributed by atoms with Gasteiger partial charge in [-0.3, -0.25) is 4.79 Å². The quantitative estimate of drug-likeness (QED) is 0.878. The van der Waals surface area contributed by atoms with Gasteiger partial charge in [-0.1, -0.05) is 0 Å². The SMILES string of the molecule is Cc1nc(Sc2ncccc2OC(C)C)sc1CC(=O)O. The van der Waals surface area contributed by atoms with Crippen molar-refractivity contribution in [2.75, 3.05) is 0 Å². The number of hydrogen-bond donors (Lipinski definition) is 1. The molecule has 0 amide bonds. The van der Waals surface area contributed by atoms with Crippen LogP contribution in [-0.4, -0.2) is 27.1 Å². The molecule has 5 nitrogen and oxygen atoms in total. The maximum absolute atomic E-state index is 10.8. The highest BCUT2D eigenvalue weighted by atomic mass is 32.2. The molecule has 0 aliphatic carbocycles. The third kappa shape index (κ3) is 4.44. The number of ether oxygens (including phenoxy) is 1. The lowest BCUT2D eigenvalue weighted by Crippen LogP contribution is -2.06. The van der Waals surface area contributed by atoms with Gasteiger partial charge in [-0.25, -0.2) is 9.97 Å². The Morgan fingerprint density at radius 3 is 2.95 bits per heavy atom. The highest BCUT2D eigenvalue weighted by Crippen LogP contribution is 2.36. The molecule has 7 heteroatoms. The molecule has 1 N–H and O–H groups in total. The Morgan fingerprint density at radius 1 is 1.52 bits per heavy atom. The van der Waals surface area contributed by atoms with Crippen LogP contribution in [0.2, 0.25) is 0 Å². The topological polar surface area (TPSA) is 72.3 Å². The van der Waals surface area contributed by atoms with Crippen LogP contribution in [0.25, 0.3) is 0 Å². The Labute approximate surface area is 131 Å². The summed E-state index contributed by atoms with van der Waals surface area (Å²) < 4.78 is 6.49. The Hall–Kier alpha value is -1.60. The van der Waals surface area contributed by atoms with Crippen LogP contribution < -0.4 is 4.74 Å². The normalized spacial score (nSPS) is 10.9. The minimum Gasteiger partial charge on any atom is -0.488 e. The molecule has 2 aromatic rings. The summed E-state index contributed by atoms with van der Waals surface area (Å²) in [6.07, 6.45) is 1.77. The number of pyridine rings is 1. The maximum atomic E-state index is 10.8. The lowest BCUT2D eigenvalue weighted by molar-refractivity contribution is -0.136. The van der Waals surface area contributed by atoms with E-state index in [-0.39, 0.29) is 12.5 Å². The predicted molar refractivity (Wildman–Crippen MR) is 82.3 cm³/mol. The van der Waals surface area contributed by atoms with Gasteiger partial charge in [-0.2, -0.15) is 0 Å². The molecule has 2 rings (SSSR count). The van der Waals surface area contributed by atoms with E-state index >= 15 is 0 Å². The fraction of sp³-hybridized carbons (Fsp3) is 0.357. The molecule has 0 unspecified atom stereocenters. The molecule has 0 saturated heterocycles. The highest BCUT2D eigenvalue weighted by Gasteiger charge is 2.15. The lowest BCUT2D eigenvalue weighted by atomic mass is 10.3. The average molecular weight is 324 g/mol. The summed E-state index contributed by atoms with van der Waals surface area (Å²) in [4.78, 5) is 20.3. The van der Waals surface area contributed by atoms with Crippen LogP contribution in [0.15, 0.2) is 27.7 Å². The number of carbonyl (C=O) groups is 1. The highest BCUT2D eigenvalue weighted by molar-refractivity contribution is 8.01. The number of thiazole rings is 1. The van der Waals surface area contributed by atoms with E-state index in [2.05, 4.69) is 9.97 Å². The van der Waals surface area contributed by atoms with Gasteiger partial charge in [0.15, 0.2) is 10.1 Å². The van der Waals surface area contributed by atoms with Crippen molar-refractivity contribution in [3.63, 3.8) is 0 Å². The molecule has 0 aromatic carbocycles. The number of carboxylic acid groups (broad SMARTS) is 1. The van der Waals surface area contributed by atoms with E-state index < -0.39 is 5.97 Å². The molecule has 0 atom stereocenters. The van der Waals surface area contributed by atoms with E-state index in [1.54, 1.807) is 6.20 Å². The summed E-state index contributed by atoms with van der Waals surface area (Å²) in [6, 6.07) is 3.69. The predicted octanol–water partition coefficient (Wildman–Crippen LogP) is 3.41. The summed E-state index contributed by atoms with van der Waals surface area (Å²) in [7, 11) is 0. The molecule has 112 valence electrons. The minimum absolute atomic E-state index is 0.00162. The summed E-state index contributed by atoms with van der Waals surface area (Å²) in [5.41, 5.74) is 0.757. The van der Waals surface area contributed by atoms with Gasteiger partial charge in [-0.15, -0.1) is 11.3 Å². The zero-order valence-corrected chi connectivity index (χ0v) is 13.6. The number of nitrogens with zero attached hydrogens (tertiary/aromatic N) is 2. The average Bonchev–Trinajstić information content (AvgIpc) is 2.71. The zero-order chi connectivity index (χ0) is 15.4. The molecule has 0 fully saturated rings. The summed E-state index contributed by atoms with van der Waals surface area (Å²) in [5, 5.41) is 9.61. The molecule has 0 aliphatic heterocycles. The lowest BCUT2D eigenvalue weighted by Gasteiger charge is -2.11. The fourth-order valence-corrected chi connectivity index (χ4v) is 3.79. The second-order valence-electron chi connectivity index (χ2n) is 4.63. The summed E-state index contributed by atoms with van der Waals surface area (Å²) >= 11 is 2.78. The molecule has 0 radical (unpaired) electrons. The first kappa shape index (κ1) is 15.8. The second-order valence-corrected chi connectivity index (χ2v) is 6.95. The number of rotatable bonds is 6. The first-order valence-corrected chi connectivity index (χ1v) is 8.06. The molecular formula is C14H16N2O3S2. The van der Waals surface area contributed by atoms with E-state index in [1.807, 2.05) is 32.9 Å². The van der Waals surface area contributed by atoms with Crippen LogP contribution in [0.3, 0.4) is 0 Å². The third-order valence-corrected chi connectivity index (χ3v) is 4.69. The van der Waals surface area contributed by atoms with Gasteiger partial charge in [0.1, 0.15) is 5.03 Å². The number of aliphatic carboxylic acids is 1. The van der Waals surface area contributed by atoms with Crippen molar-refractivity contribution in [2.45, 2.75) is 42.7 Å². The molecule has 0 saturated carbocycles. The van der Waals surface area contributed by atoms with E-state index in [4.69, 9.17) is 9.84 Å². The zero-order valence-electron chi connectivity index (χ0n) is 12.0. The first-order chi connectivity index (χ1) is 9.95. The van der Waals surface area contributed by atoms with Gasteiger partial charge >= 0.3 is 5.97 Å². The van der Waals surface area contributed by atoms with E-state index in [9.17, 15) is 4.79 Å².